The summed E-state index contributed by atoms with van der Waals surface area (Å²) >= 11 is 4.87. The topological polar surface area (TPSA) is 72.2 Å². The van der Waals surface area contributed by atoms with Crippen LogP contribution in [0.2, 0.25) is 0 Å². The molecule has 0 fully saturated rings. The highest BCUT2D eigenvalue weighted by Gasteiger charge is 2.11. The fourth-order valence-corrected chi connectivity index (χ4v) is 2.94. The molecule has 2 aromatic rings. The summed E-state index contributed by atoms with van der Waals surface area (Å²) in [4.78, 5) is 22.3. The number of thioether (sulfide) groups is 1. The van der Waals surface area contributed by atoms with Crippen molar-refractivity contribution in [2.24, 2.45) is 0 Å². The number of benzene rings is 2. The van der Waals surface area contributed by atoms with Crippen LogP contribution in [0.3, 0.4) is 0 Å². The molecule has 0 aliphatic rings. The lowest BCUT2D eigenvalue weighted by Crippen LogP contribution is -2.15. The number of nitro benzene ring substituents is 1. The lowest BCUT2D eigenvalue weighted by atomic mass is 10.2. The molecule has 5 nitrogen and oxygen atoms in total. The number of hydrogen-bond donors (Lipinski definition) is 1. The van der Waals surface area contributed by atoms with Crippen LogP contribution < -0.4 is 5.32 Å². The third kappa shape index (κ3) is 5.37. The summed E-state index contributed by atoms with van der Waals surface area (Å²) in [5, 5.41) is 13.5. The molecule has 0 bridgehead atoms. The lowest BCUT2D eigenvalue weighted by Gasteiger charge is -2.08. The van der Waals surface area contributed by atoms with Gasteiger partial charge in [-0.25, -0.2) is 0 Å². The van der Waals surface area contributed by atoms with Gasteiger partial charge in [-0.05, 0) is 30.2 Å². The number of amides is 1. The van der Waals surface area contributed by atoms with E-state index in [-0.39, 0.29) is 17.3 Å². The SMILES string of the molecule is Cc1ccc([N+](=O)[O-])cc1NC(=O)CSCc1ccc(Br)cc1. The van der Waals surface area contributed by atoms with Crippen LogP contribution in [0.5, 0.6) is 0 Å². The quantitative estimate of drug-likeness (QED) is 0.576. The van der Waals surface area contributed by atoms with Crippen molar-refractivity contribution < 1.29 is 9.72 Å². The Kier molecular flexibility index (Phi) is 6.18. The number of nitro groups is 1. The minimum absolute atomic E-state index is 0.0339. The molecule has 0 saturated carbocycles. The molecule has 0 spiro atoms. The van der Waals surface area contributed by atoms with E-state index in [1.807, 2.05) is 24.3 Å². The highest BCUT2D eigenvalue weighted by Crippen LogP contribution is 2.22. The monoisotopic (exact) mass is 394 g/mol. The molecule has 0 aliphatic heterocycles. The van der Waals surface area contributed by atoms with Crippen LogP contribution in [-0.2, 0) is 10.5 Å². The summed E-state index contributed by atoms with van der Waals surface area (Å²) in [6.07, 6.45) is 0. The fourth-order valence-electron chi connectivity index (χ4n) is 1.89. The Morgan fingerprint density at radius 3 is 2.61 bits per heavy atom. The predicted octanol–water partition coefficient (Wildman–Crippen LogP) is 4.54. The number of hydrogen-bond acceptors (Lipinski definition) is 4. The van der Waals surface area contributed by atoms with E-state index in [9.17, 15) is 14.9 Å². The van der Waals surface area contributed by atoms with Crippen LogP contribution in [0.15, 0.2) is 46.9 Å². The second-order valence-electron chi connectivity index (χ2n) is 4.92. The van der Waals surface area contributed by atoms with E-state index < -0.39 is 4.92 Å². The summed E-state index contributed by atoms with van der Waals surface area (Å²) in [5.41, 5.74) is 2.38. The van der Waals surface area contributed by atoms with Crippen LogP contribution in [0.25, 0.3) is 0 Å². The van der Waals surface area contributed by atoms with Crippen LogP contribution in [0.1, 0.15) is 11.1 Å². The molecular weight excluding hydrogens is 380 g/mol. The number of non-ortho nitro benzene ring substituents is 1. The van der Waals surface area contributed by atoms with Crippen LogP contribution >= 0.6 is 27.7 Å². The average molecular weight is 395 g/mol. The van der Waals surface area contributed by atoms with Crippen molar-refractivity contribution in [1.29, 1.82) is 0 Å². The summed E-state index contributed by atoms with van der Waals surface area (Å²) in [6.45, 7) is 1.80. The van der Waals surface area contributed by atoms with Gasteiger partial charge in [0.1, 0.15) is 0 Å². The summed E-state index contributed by atoms with van der Waals surface area (Å²) in [7, 11) is 0. The fraction of sp³-hybridized carbons (Fsp3) is 0.188. The minimum atomic E-state index is -0.475. The number of aryl methyl sites for hydroxylation is 1. The van der Waals surface area contributed by atoms with Crippen molar-refractivity contribution in [2.75, 3.05) is 11.1 Å². The van der Waals surface area contributed by atoms with Crippen molar-refractivity contribution in [1.82, 2.24) is 0 Å². The molecule has 2 aromatic carbocycles. The average Bonchev–Trinajstić information content (AvgIpc) is 2.51. The highest BCUT2D eigenvalue weighted by atomic mass is 79.9. The molecule has 0 aromatic heterocycles. The molecule has 0 radical (unpaired) electrons. The second kappa shape index (κ2) is 8.12. The standard InChI is InChI=1S/C16H15BrN2O3S/c1-11-2-7-14(19(21)22)8-15(11)18-16(20)10-23-9-12-3-5-13(17)6-4-12/h2-8H,9-10H2,1H3,(H,18,20). The van der Waals surface area contributed by atoms with Crippen molar-refractivity contribution in [3.05, 3.63) is 68.2 Å². The van der Waals surface area contributed by atoms with Gasteiger partial charge in [-0.15, -0.1) is 11.8 Å². The number of nitrogens with one attached hydrogen (secondary N) is 1. The van der Waals surface area contributed by atoms with E-state index in [0.29, 0.717) is 5.69 Å². The van der Waals surface area contributed by atoms with Gasteiger partial charge < -0.3 is 5.32 Å². The third-order valence-electron chi connectivity index (χ3n) is 3.12. The molecule has 7 heteroatoms. The Labute approximate surface area is 146 Å². The number of carbonyl (C=O) groups is 1. The van der Waals surface area contributed by atoms with Gasteiger partial charge in [0.15, 0.2) is 0 Å². The summed E-state index contributed by atoms with van der Waals surface area (Å²) in [5.74, 6) is 0.850. The Balaban J connectivity index is 1.88. The molecule has 0 atom stereocenters. The van der Waals surface area contributed by atoms with Gasteiger partial charge in [-0.3, -0.25) is 14.9 Å². The summed E-state index contributed by atoms with van der Waals surface area (Å²) < 4.78 is 1.02. The van der Waals surface area contributed by atoms with E-state index in [1.165, 1.54) is 23.9 Å². The Bertz CT molecular complexity index is 720. The second-order valence-corrected chi connectivity index (χ2v) is 6.83. The molecule has 120 valence electrons. The molecular formula is C16H15BrN2O3S. The first-order valence-electron chi connectivity index (χ1n) is 6.83. The first-order valence-corrected chi connectivity index (χ1v) is 8.77. The smallest absolute Gasteiger partial charge is 0.271 e. The van der Waals surface area contributed by atoms with Crippen molar-refractivity contribution in [3.63, 3.8) is 0 Å². The Morgan fingerprint density at radius 1 is 1.26 bits per heavy atom. The van der Waals surface area contributed by atoms with Gasteiger partial charge >= 0.3 is 0 Å². The van der Waals surface area contributed by atoms with Gasteiger partial charge in [0.2, 0.25) is 5.91 Å². The van der Waals surface area contributed by atoms with Crippen molar-refractivity contribution >= 4 is 45.0 Å². The Hall–Kier alpha value is -1.86. The van der Waals surface area contributed by atoms with Gasteiger partial charge in [0.05, 0.1) is 16.4 Å². The third-order valence-corrected chi connectivity index (χ3v) is 4.65. The Morgan fingerprint density at radius 2 is 1.96 bits per heavy atom. The summed E-state index contributed by atoms with van der Waals surface area (Å²) in [6, 6.07) is 12.4. The van der Waals surface area contributed by atoms with Crippen LogP contribution in [-0.4, -0.2) is 16.6 Å². The first kappa shape index (κ1) is 17.5. The molecule has 2 rings (SSSR count). The van der Waals surface area contributed by atoms with Gasteiger partial charge in [0, 0.05) is 22.4 Å². The zero-order chi connectivity index (χ0) is 16.8. The van der Waals surface area contributed by atoms with E-state index in [2.05, 4.69) is 21.2 Å². The molecule has 1 N–H and O–H groups in total. The molecule has 0 aliphatic carbocycles. The van der Waals surface area contributed by atoms with Crippen molar-refractivity contribution in [3.8, 4) is 0 Å². The van der Waals surface area contributed by atoms with E-state index in [0.717, 1.165) is 21.4 Å². The normalized spacial score (nSPS) is 10.3. The largest absolute Gasteiger partial charge is 0.325 e. The van der Waals surface area contributed by atoms with Crippen LogP contribution in [0.4, 0.5) is 11.4 Å². The zero-order valence-electron chi connectivity index (χ0n) is 12.4. The highest BCUT2D eigenvalue weighted by molar-refractivity contribution is 9.10. The lowest BCUT2D eigenvalue weighted by molar-refractivity contribution is -0.384. The predicted molar refractivity (Wildman–Crippen MR) is 96.8 cm³/mol. The maximum Gasteiger partial charge on any atom is 0.271 e. The number of halogens is 1. The van der Waals surface area contributed by atoms with E-state index in [4.69, 9.17) is 0 Å². The molecule has 0 heterocycles. The molecule has 23 heavy (non-hydrogen) atoms. The molecule has 1 amide bonds. The number of anilines is 1. The number of carbonyl (C=O) groups excluding carboxylic acids is 1. The van der Waals surface area contributed by atoms with Crippen molar-refractivity contribution in [2.45, 2.75) is 12.7 Å². The van der Waals surface area contributed by atoms with E-state index >= 15 is 0 Å². The van der Waals surface area contributed by atoms with E-state index in [1.54, 1.807) is 13.0 Å². The van der Waals surface area contributed by atoms with Gasteiger partial charge in [-0.1, -0.05) is 34.1 Å². The maximum absolute atomic E-state index is 12.0. The van der Waals surface area contributed by atoms with Gasteiger partial charge in [-0.2, -0.15) is 0 Å². The molecule has 0 saturated heterocycles. The minimum Gasteiger partial charge on any atom is -0.325 e. The number of rotatable bonds is 6. The number of nitrogens with zero attached hydrogens (tertiary/aromatic N) is 1. The zero-order valence-corrected chi connectivity index (χ0v) is 14.8. The first-order chi connectivity index (χ1) is 11.0. The van der Waals surface area contributed by atoms with Gasteiger partial charge in [0.25, 0.3) is 5.69 Å². The molecule has 0 unspecified atom stereocenters. The van der Waals surface area contributed by atoms with Crippen LogP contribution in [0, 0.1) is 17.0 Å². The maximum atomic E-state index is 12.0.